The standard InChI is InChI=1S/C13H22N2O/c1-10(2)7-11-3-5-13(6-4-11)15-8-12(14)9-16/h3-6,10,12,15-16H,7-9,14H2,1-2H3. The zero-order valence-electron chi connectivity index (χ0n) is 10.1. The number of hydrogen-bond donors (Lipinski definition) is 3. The molecule has 1 unspecified atom stereocenters. The van der Waals surface area contributed by atoms with Gasteiger partial charge in [-0.1, -0.05) is 26.0 Å². The summed E-state index contributed by atoms with van der Waals surface area (Å²) >= 11 is 0. The Kier molecular flexibility index (Phi) is 5.29. The van der Waals surface area contributed by atoms with E-state index >= 15 is 0 Å². The van der Waals surface area contributed by atoms with Crippen LogP contribution in [-0.4, -0.2) is 24.3 Å². The first-order chi connectivity index (χ1) is 7.61. The molecule has 0 aliphatic rings. The van der Waals surface area contributed by atoms with Crippen LogP contribution in [0.15, 0.2) is 24.3 Å². The highest BCUT2D eigenvalue weighted by Crippen LogP contribution is 2.12. The third kappa shape index (κ3) is 4.64. The van der Waals surface area contributed by atoms with Crippen molar-refractivity contribution >= 4 is 5.69 Å². The van der Waals surface area contributed by atoms with Crippen molar-refractivity contribution < 1.29 is 5.11 Å². The van der Waals surface area contributed by atoms with E-state index in [9.17, 15) is 0 Å². The normalized spacial score (nSPS) is 12.8. The maximum atomic E-state index is 8.79. The number of aliphatic hydroxyl groups is 1. The van der Waals surface area contributed by atoms with Gasteiger partial charge in [-0.25, -0.2) is 0 Å². The molecule has 1 atom stereocenters. The molecule has 0 heterocycles. The first kappa shape index (κ1) is 13.0. The second-order valence-corrected chi connectivity index (χ2v) is 4.62. The Labute approximate surface area is 97.7 Å². The van der Waals surface area contributed by atoms with Crippen molar-refractivity contribution in [3.05, 3.63) is 29.8 Å². The molecule has 3 nitrogen and oxygen atoms in total. The minimum absolute atomic E-state index is 0.0123. The lowest BCUT2D eigenvalue weighted by Gasteiger charge is -2.11. The van der Waals surface area contributed by atoms with Gasteiger partial charge in [0.05, 0.1) is 6.61 Å². The number of anilines is 1. The molecule has 0 amide bonds. The van der Waals surface area contributed by atoms with Gasteiger partial charge in [0, 0.05) is 18.3 Å². The molecule has 1 aromatic rings. The molecule has 1 aromatic carbocycles. The molecule has 0 spiro atoms. The molecule has 0 bridgehead atoms. The average Bonchev–Trinajstić information content (AvgIpc) is 2.27. The molecule has 0 saturated heterocycles. The topological polar surface area (TPSA) is 58.3 Å². The van der Waals surface area contributed by atoms with Gasteiger partial charge < -0.3 is 16.2 Å². The van der Waals surface area contributed by atoms with Gasteiger partial charge in [-0.05, 0) is 30.0 Å². The van der Waals surface area contributed by atoms with E-state index in [1.54, 1.807) is 0 Å². The number of nitrogens with two attached hydrogens (primary N) is 1. The van der Waals surface area contributed by atoms with Crippen molar-refractivity contribution in [1.82, 2.24) is 0 Å². The summed E-state index contributed by atoms with van der Waals surface area (Å²) in [6.45, 7) is 5.04. The van der Waals surface area contributed by atoms with Crippen LogP contribution in [-0.2, 0) is 6.42 Å². The summed E-state index contributed by atoms with van der Waals surface area (Å²) in [6, 6.07) is 8.18. The van der Waals surface area contributed by atoms with Gasteiger partial charge >= 0.3 is 0 Å². The minimum Gasteiger partial charge on any atom is -0.395 e. The summed E-state index contributed by atoms with van der Waals surface area (Å²) < 4.78 is 0. The Bertz CT molecular complexity index is 295. The van der Waals surface area contributed by atoms with Gasteiger partial charge in [-0.15, -0.1) is 0 Å². The minimum atomic E-state index is -0.199. The van der Waals surface area contributed by atoms with Crippen molar-refractivity contribution in [3.63, 3.8) is 0 Å². The summed E-state index contributed by atoms with van der Waals surface area (Å²) in [5.74, 6) is 0.682. The summed E-state index contributed by atoms with van der Waals surface area (Å²) in [7, 11) is 0. The molecule has 1 rings (SSSR count). The van der Waals surface area contributed by atoms with Crippen LogP contribution in [0.1, 0.15) is 19.4 Å². The quantitative estimate of drug-likeness (QED) is 0.685. The van der Waals surface area contributed by atoms with E-state index in [1.165, 1.54) is 5.56 Å². The van der Waals surface area contributed by atoms with Gasteiger partial charge in [0.2, 0.25) is 0 Å². The monoisotopic (exact) mass is 222 g/mol. The number of benzene rings is 1. The molecule has 4 N–H and O–H groups in total. The lowest BCUT2D eigenvalue weighted by molar-refractivity contribution is 0.270. The Morgan fingerprint density at radius 3 is 2.38 bits per heavy atom. The number of hydrogen-bond acceptors (Lipinski definition) is 3. The van der Waals surface area contributed by atoms with Crippen LogP contribution in [0.4, 0.5) is 5.69 Å². The molecule has 16 heavy (non-hydrogen) atoms. The Morgan fingerprint density at radius 1 is 1.25 bits per heavy atom. The SMILES string of the molecule is CC(C)Cc1ccc(NCC(N)CO)cc1. The molecular weight excluding hydrogens is 200 g/mol. The Morgan fingerprint density at radius 2 is 1.88 bits per heavy atom. The van der Waals surface area contributed by atoms with Gasteiger partial charge in [0.15, 0.2) is 0 Å². The fourth-order valence-corrected chi connectivity index (χ4v) is 1.54. The lowest BCUT2D eigenvalue weighted by Crippen LogP contribution is -2.32. The number of nitrogens with one attached hydrogen (secondary N) is 1. The molecule has 0 saturated carbocycles. The fraction of sp³-hybridized carbons (Fsp3) is 0.538. The number of aliphatic hydroxyl groups excluding tert-OH is 1. The first-order valence-corrected chi connectivity index (χ1v) is 5.81. The van der Waals surface area contributed by atoms with Crippen LogP contribution in [0.3, 0.4) is 0 Å². The summed E-state index contributed by atoms with van der Waals surface area (Å²) in [5.41, 5.74) is 8.01. The van der Waals surface area contributed by atoms with Crippen molar-refractivity contribution in [2.45, 2.75) is 26.3 Å². The second-order valence-electron chi connectivity index (χ2n) is 4.62. The molecule has 3 heteroatoms. The van der Waals surface area contributed by atoms with E-state index < -0.39 is 0 Å². The average molecular weight is 222 g/mol. The molecule has 0 aliphatic carbocycles. The summed E-state index contributed by atoms with van der Waals surface area (Å²) in [5, 5.41) is 12.0. The van der Waals surface area contributed by atoms with Crippen LogP contribution in [0, 0.1) is 5.92 Å². The van der Waals surface area contributed by atoms with Crippen molar-refractivity contribution in [2.24, 2.45) is 11.7 Å². The molecule has 0 fully saturated rings. The maximum absolute atomic E-state index is 8.79. The van der Waals surface area contributed by atoms with E-state index in [4.69, 9.17) is 10.8 Å². The van der Waals surface area contributed by atoms with Crippen molar-refractivity contribution in [3.8, 4) is 0 Å². The van der Waals surface area contributed by atoms with Crippen molar-refractivity contribution in [1.29, 1.82) is 0 Å². The smallest absolute Gasteiger partial charge is 0.0599 e. The zero-order valence-corrected chi connectivity index (χ0v) is 10.1. The van der Waals surface area contributed by atoms with Crippen LogP contribution >= 0.6 is 0 Å². The van der Waals surface area contributed by atoms with E-state index in [0.717, 1.165) is 12.1 Å². The van der Waals surface area contributed by atoms with E-state index in [2.05, 4.69) is 43.4 Å². The van der Waals surface area contributed by atoms with Crippen LogP contribution in [0.25, 0.3) is 0 Å². The van der Waals surface area contributed by atoms with Crippen LogP contribution in [0.5, 0.6) is 0 Å². The predicted molar refractivity (Wildman–Crippen MR) is 68.5 cm³/mol. The predicted octanol–water partition coefficient (Wildman–Crippen LogP) is 1.62. The molecule has 0 aromatic heterocycles. The van der Waals surface area contributed by atoms with Crippen LogP contribution < -0.4 is 11.1 Å². The van der Waals surface area contributed by atoms with E-state index in [-0.39, 0.29) is 12.6 Å². The van der Waals surface area contributed by atoms with E-state index in [1.807, 2.05) is 0 Å². The highest BCUT2D eigenvalue weighted by molar-refractivity contribution is 5.44. The lowest BCUT2D eigenvalue weighted by atomic mass is 10.0. The molecule has 0 radical (unpaired) electrons. The van der Waals surface area contributed by atoms with Crippen molar-refractivity contribution in [2.75, 3.05) is 18.5 Å². The third-order valence-corrected chi connectivity index (χ3v) is 2.40. The zero-order chi connectivity index (χ0) is 12.0. The largest absolute Gasteiger partial charge is 0.395 e. The summed E-state index contributed by atoms with van der Waals surface area (Å²) in [4.78, 5) is 0. The molecular formula is C13H22N2O. The second kappa shape index (κ2) is 6.51. The highest BCUT2D eigenvalue weighted by Gasteiger charge is 2.00. The Hall–Kier alpha value is -1.06. The van der Waals surface area contributed by atoms with Gasteiger partial charge in [0.1, 0.15) is 0 Å². The van der Waals surface area contributed by atoms with Gasteiger partial charge in [0.25, 0.3) is 0 Å². The summed E-state index contributed by atoms with van der Waals surface area (Å²) in [6.07, 6.45) is 1.11. The van der Waals surface area contributed by atoms with Gasteiger partial charge in [-0.3, -0.25) is 0 Å². The third-order valence-electron chi connectivity index (χ3n) is 2.40. The van der Waals surface area contributed by atoms with E-state index in [0.29, 0.717) is 12.5 Å². The number of rotatable bonds is 6. The highest BCUT2D eigenvalue weighted by atomic mass is 16.3. The Balaban J connectivity index is 2.45. The maximum Gasteiger partial charge on any atom is 0.0599 e. The first-order valence-electron chi connectivity index (χ1n) is 5.81. The molecule has 90 valence electrons. The fourth-order valence-electron chi connectivity index (χ4n) is 1.54. The van der Waals surface area contributed by atoms with Crippen LogP contribution in [0.2, 0.25) is 0 Å². The molecule has 0 aliphatic heterocycles. The van der Waals surface area contributed by atoms with Gasteiger partial charge in [-0.2, -0.15) is 0 Å².